The number of sulfone groups is 1. The standard InChI is InChI=1S/C18H21F3N4O4S/c19-18(20,21)30(27,28)9-6-17(26)25-8-1-2-13(11-25)12-29-14-3-4-15(22-10-14)16-5-7-23-24-16/h3-5,7,10,13H,1-2,6,8-9,11-12H2,(H,23,24)/t13-/m1/s1. The average molecular weight is 446 g/mol. The van der Waals surface area contributed by atoms with Crippen LogP contribution < -0.4 is 4.74 Å². The predicted octanol–water partition coefficient (Wildman–Crippen LogP) is 2.41. The molecule has 1 fully saturated rings. The van der Waals surface area contributed by atoms with Gasteiger partial charge < -0.3 is 9.64 Å². The highest BCUT2D eigenvalue weighted by molar-refractivity contribution is 7.92. The lowest BCUT2D eigenvalue weighted by Crippen LogP contribution is -2.42. The largest absolute Gasteiger partial charge is 0.497 e. The Labute approximate surface area is 171 Å². The fraction of sp³-hybridized carbons (Fsp3) is 0.500. The molecule has 0 bridgehead atoms. The van der Waals surface area contributed by atoms with Gasteiger partial charge in [-0.3, -0.25) is 14.9 Å². The summed E-state index contributed by atoms with van der Waals surface area (Å²) in [7, 11) is -5.30. The van der Waals surface area contributed by atoms with E-state index in [0.29, 0.717) is 37.6 Å². The Hall–Kier alpha value is -2.63. The van der Waals surface area contributed by atoms with Gasteiger partial charge in [0.25, 0.3) is 0 Å². The van der Waals surface area contributed by atoms with E-state index in [1.165, 1.54) is 4.90 Å². The van der Waals surface area contributed by atoms with Gasteiger partial charge in [0.15, 0.2) is 0 Å². The van der Waals surface area contributed by atoms with Crippen molar-refractivity contribution in [3.63, 3.8) is 0 Å². The van der Waals surface area contributed by atoms with Crippen molar-refractivity contribution < 1.29 is 31.1 Å². The first-order valence-corrected chi connectivity index (χ1v) is 11.0. The number of H-pyrrole nitrogens is 1. The lowest BCUT2D eigenvalue weighted by molar-refractivity contribution is -0.132. The number of carbonyl (C=O) groups is 1. The quantitative estimate of drug-likeness (QED) is 0.700. The molecule has 12 heteroatoms. The fourth-order valence-corrected chi connectivity index (χ4v) is 3.84. The predicted molar refractivity (Wildman–Crippen MR) is 101 cm³/mol. The summed E-state index contributed by atoms with van der Waals surface area (Å²) >= 11 is 0. The van der Waals surface area contributed by atoms with Crippen LogP contribution in [0.3, 0.4) is 0 Å². The van der Waals surface area contributed by atoms with Crippen molar-refractivity contribution in [3.8, 4) is 17.1 Å². The zero-order valence-corrected chi connectivity index (χ0v) is 16.7. The number of alkyl halides is 3. The highest BCUT2D eigenvalue weighted by atomic mass is 32.2. The van der Waals surface area contributed by atoms with Crippen LogP contribution in [0.1, 0.15) is 19.3 Å². The Balaban J connectivity index is 1.48. The SMILES string of the molecule is O=C(CCS(=O)(=O)C(F)(F)F)N1CCC[C@@H](COc2ccc(-c3ccn[nH]3)nc2)C1. The van der Waals surface area contributed by atoms with Crippen molar-refractivity contribution in [3.05, 3.63) is 30.6 Å². The number of amides is 1. The van der Waals surface area contributed by atoms with E-state index >= 15 is 0 Å². The number of rotatable bonds is 7. The molecule has 1 aliphatic heterocycles. The summed E-state index contributed by atoms with van der Waals surface area (Å²) in [5.41, 5.74) is -3.86. The third kappa shape index (κ3) is 5.49. The van der Waals surface area contributed by atoms with Gasteiger partial charge in [-0.15, -0.1) is 0 Å². The molecule has 2 aromatic heterocycles. The number of piperidine rings is 1. The van der Waals surface area contributed by atoms with E-state index in [9.17, 15) is 26.4 Å². The van der Waals surface area contributed by atoms with E-state index in [2.05, 4.69) is 15.2 Å². The van der Waals surface area contributed by atoms with Crippen LogP contribution in [-0.2, 0) is 14.6 Å². The molecular weight excluding hydrogens is 425 g/mol. The van der Waals surface area contributed by atoms with Gasteiger partial charge in [0.05, 0.1) is 29.9 Å². The van der Waals surface area contributed by atoms with Crippen LogP contribution in [0.25, 0.3) is 11.4 Å². The van der Waals surface area contributed by atoms with Crippen LogP contribution in [-0.4, -0.2) is 65.4 Å². The molecule has 1 amide bonds. The molecule has 3 rings (SSSR count). The molecule has 0 aliphatic carbocycles. The minimum Gasteiger partial charge on any atom is -0.492 e. The van der Waals surface area contributed by atoms with Crippen LogP contribution in [0.15, 0.2) is 30.6 Å². The van der Waals surface area contributed by atoms with Gasteiger partial charge >= 0.3 is 5.51 Å². The number of nitrogens with zero attached hydrogens (tertiary/aromatic N) is 3. The molecule has 3 heterocycles. The number of ether oxygens (including phenoxy) is 1. The summed E-state index contributed by atoms with van der Waals surface area (Å²) in [6.07, 6.45) is 3.97. The normalized spacial score (nSPS) is 17.7. The average Bonchev–Trinajstić information content (AvgIpc) is 3.25. The second kappa shape index (κ2) is 9.02. The highest BCUT2D eigenvalue weighted by Crippen LogP contribution is 2.25. The van der Waals surface area contributed by atoms with Crippen LogP contribution in [0.4, 0.5) is 13.2 Å². The Kier molecular flexibility index (Phi) is 6.64. The Morgan fingerprint density at radius 3 is 2.73 bits per heavy atom. The van der Waals surface area contributed by atoms with E-state index in [4.69, 9.17) is 4.74 Å². The van der Waals surface area contributed by atoms with Gasteiger partial charge in [-0.2, -0.15) is 18.3 Å². The minimum absolute atomic E-state index is 0.00536. The second-order valence-electron chi connectivity index (χ2n) is 7.02. The topological polar surface area (TPSA) is 105 Å². The Morgan fingerprint density at radius 1 is 1.30 bits per heavy atom. The van der Waals surface area contributed by atoms with Gasteiger partial charge in [0.2, 0.25) is 15.7 Å². The van der Waals surface area contributed by atoms with Crippen molar-refractivity contribution in [2.75, 3.05) is 25.4 Å². The van der Waals surface area contributed by atoms with Crippen LogP contribution in [0.5, 0.6) is 5.75 Å². The monoisotopic (exact) mass is 446 g/mol. The van der Waals surface area contributed by atoms with Crippen LogP contribution in [0, 0.1) is 5.92 Å². The molecule has 0 radical (unpaired) electrons. The third-order valence-electron chi connectivity index (χ3n) is 4.81. The van der Waals surface area contributed by atoms with Gasteiger partial charge in [-0.25, -0.2) is 8.42 Å². The Bertz CT molecular complexity index is 947. The molecule has 2 aromatic rings. The molecule has 8 nitrogen and oxygen atoms in total. The first kappa shape index (κ1) is 22.1. The second-order valence-corrected chi connectivity index (χ2v) is 9.12. The van der Waals surface area contributed by atoms with E-state index in [0.717, 1.165) is 12.1 Å². The first-order valence-electron chi connectivity index (χ1n) is 9.31. The van der Waals surface area contributed by atoms with Crippen molar-refractivity contribution in [2.45, 2.75) is 24.8 Å². The number of carbonyl (C=O) groups excluding carboxylic acids is 1. The summed E-state index contributed by atoms with van der Waals surface area (Å²) in [6.45, 7) is 1.02. The fourth-order valence-electron chi connectivity index (χ4n) is 3.16. The van der Waals surface area contributed by atoms with Crippen molar-refractivity contribution in [1.82, 2.24) is 20.1 Å². The van der Waals surface area contributed by atoms with E-state index < -0.39 is 33.4 Å². The maximum Gasteiger partial charge on any atom is 0.497 e. The third-order valence-corrected chi connectivity index (χ3v) is 6.25. The molecule has 164 valence electrons. The maximum atomic E-state index is 12.4. The van der Waals surface area contributed by atoms with Gasteiger partial charge in [0.1, 0.15) is 5.75 Å². The lowest BCUT2D eigenvalue weighted by Gasteiger charge is -2.32. The number of aromatic nitrogens is 3. The van der Waals surface area contributed by atoms with Crippen molar-refractivity contribution >= 4 is 15.7 Å². The van der Waals surface area contributed by atoms with E-state index in [-0.39, 0.29) is 5.92 Å². The maximum absolute atomic E-state index is 12.4. The number of likely N-dealkylation sites (tertiary alicyclic amines) is 1. The lowest BCUT2D eigenvalue weighted by atomic mass is 9.99. The Morgan fingerprint density at radius 2 is 2.10 bits per heavy atom. The smallest absolute Gasteiger partial charge is 0.492 e. The van der Waals surface area contributed by atoms with Crippen LogP contribution in [0.2, 0.25) is 0 Å². The number of hydrogen-bond acceptors (Lipinski definition) is 6. The molecule has 0 spiro atoms. The number of pyridine rings is 1. The molecule has 1 N–H and O–H groups in total. The van der Waals surface area contributed by atoms with Gasteiger partial charge in [0, 0.05) is 31.6 Å². The molecular formula is C18H21F3N4O4S. The molecule has 0 unspecified atom stereocenters. The highest BCUT2D eigenvalue weighted by Gasteiger charge is 2.45. The minimum atomic E-state index is -5.34. The van der Waals surface area contributed by atoms with Crippen molar-refractivity contribution in [2.24, 2.45) is 5.92 Å². The summed E-state index contributed by atoms with van der Waals surface area (Å²) < 4.78 is 65.2. The zero-order valence-electron chi connectivity index (χ0n) is 15.9. The van der Waals surface area contributed by atoms with Crippen molar-refractivity contribution in [1.29, 1.82) is 0 Å². The molecule has 0 aromatic carbocycles. The summed E-state index contributed by atoms with van der Waals surface area (Å²) in [6, 6.07) is 5.33. The number of aromatic amines is 1. The molecule has 30 heavy (non-hydrogen) atoms. The van der Waals surface area contributed by atoms with E-state index in [1.807, 2.05) is 0 Å². The number of nitrogens with one attached hydrogen (secondary N) is 1. The summed E-state index contributed by atoms with van der Waals surface area (Å²) in [4.78, 5) is 17.9. The molecule has 1 aliphatic rings. The molecule has 0 saturated carbocycles. The molecule has 1 atom stereocenters. The van der Waals surface area contributed by atoms with Gasteiger partial charge in [-0.05, 0) is 31.0 Å². The van der Waals surface area contributed by atoms with Crippen LogP contribution >= 0.6 is 0 Å². The molecule has 1 saturated heterocycles. The first-order chi connectivity index (χ1) is 14.2. The summed E-state index contributed by atoms with van der Waals surface area (Å²) in [5.74, 6) is -1.29. The number of hydrogen-bond donors (Lipinski definition) is 1. The zero-order chi connectivity index (χ0) is 21.8. The van der Waals surface area contributed by atoms with E-state index in [1.54, 1.807) is 30.6 Å². The van der Waals surface area contributed by atoms with Gasteiger partial charge in [-0.1, -0.05) is 0 Å². The number of halogens is 3. The summed E-state index contributed by atoms with van der Waals surface area (Å²) in [5, 5.41) is 6.67.